The van der Waals surface area contributed by atoms with E-state index >= 15 is 0 Å². The molecule has 19 heavy (non-hydrogen) atoms. The molecule has 0 radical (unpaired) electrons. The minimum absolute atomic E-state index is 0.0791. The van der Waals surface area contributed by atoms with Crippen LogP contribution in [-0.2, 0) is 0 Å². The van der Waals surface area contributed by atoms with Crippen LogP contribution in [0.15, 0.2) is 22.7 Å². The number of hydrogen-bond donors (Lipinski definition) is 1. The van der Waals surface area contributed by atoms with E-state index in [0.717, 1.165) is 19.4 Å². The molecule has 1 aromatic carbocycles. The highest BCUT2D eigenvalue weighted by Gasteiger charge is 2.09. The van der Waals surface area contributed by atoms with Crippen molar-refractivity contribution in [2.45, 2.75) is 52.2 Å². The van der Waals surface area contributed by atoms with Crippen LogP contribution in [0.25, 0.3) is 0 Å². The van der Waals surface area contributed by atoms with Gasteiger partial charge in [-0.2, -0.15) is 0 Å². The predicted molar refractivity (Wildman–Crippen MR) is 81.2 cm³/mol. The van der Waals surface area contributed by atoms with E-state index < -0.39 is 0 Å². The molecule has 0 aliphatic carbocycles. The van der Waals surface area contributed by atoms with E-state index in [1.807, 2.05) is 6.92 Å². The van der Waals surface area contributed by atoms with Gasteiger partial charge in [0.2, 0.25) is 0 Å². The molecule has 4 heteroatoms. The Balaban J connectivity index is 2.33. The van der Waals surface area contributed by atoms with Crippen molar-refractivity contribution in [2.75, 3.05) is 6.54 Å². The fourth-order valence-electron chi connectivity index (χ4n) is 1.74. The van der Waals surface area contributed by atoms with Gasteiger partial charge in [0.1, 0.15) is 11.6 Å². The Kier molecular flexibility index (Phi) is 6.27. The van der Waals surface area contributed by atoms with E-state index in [9.17, 15) is 4.39 Å². The maximum absolute atomic E-state index is 13.2. The van der Waals surface area contributed by atoms with Crippen LogP contribution >= 0.6 is 15.9 Å². The van der Waals surface area contributed by atoms with E-state index in [4.69, 9.17) is 4.74 Å². The summed E-state index contributed by atoms with van der Waals surface area (Å²) >= 11 is 3.26. The van der Waals surface area contributed by atoms with Crippen molar-refractivity contribution in [3.05, 3.63) is 28.5 Å². The molecule has 1 rings (SSSR count). The predicted octanol–water partition coefficient (Wildman–Crippen LogP) is 4.52. The number of rotatable bonds is 6. The van der Waals surface area contributed by atoms with Gasteiger partial charge in [-0.3, -0.25) is 0 Å². The smallest absolute Gasteiger partial charge is 0.128 e. The summed E-state index contributed by atoms with van der Waals surface area (Å²) in [5.74, 6) is 0.286. The summed E-state index contributed by atoms with van der Waals surface area (Å²) in [5, 5.41) is 3.44. The highest BCUT2D eigenvalue weighted by Crippen LogP contribution is 2.22. The molecule has 0 amide bonds. The van der Waals surface area contributed by atoms with Gasteiger partial charge in [0.05, 0.1) is 6.10 Å². The van der Waals surface area contributed by atoms with Gasteiger partial charge < -0.3 is 10.1 Å². The SMILES string of the molecule is CC(CCCNC(C)(C)C)Oc1cc(F)cc(Br)c1. The lowest BCUT2D eigenvalue weighted by atomic mass is 10.1. The van der Waals surface area contributed by atoms with Gasteiger partial charge >= 0.3 is 0 Å². The van der Waals surface area contributed by atoms with Gasteiger partial charge in [0, 0.05) is 16.1 Å². The van der Waals surface area contributed by atoms with Gasteiger partial charge in [0.25, 0.3) is 0 Å². The monoisotopic (exact) mass is 331 g/mol. The third-order valence-corrected chi connectivity index (χ3v) is 3.07. The van der Waals surface area contributed by atoms with Crippen molar-refractivity contribution in [1.82, 2.24) is 5.32 Å². The van der Waals surface area contributed by atoms with Crippen LogP contribution in [0, 0.1) is 5.82 Å². The Labute approximate surface area is 123 Å². The van der Waals surface area contributed by atoms with E-state index in [-0.39, 0.29) is 17.5 Å². The molecular weight excluding hydrogens is 309 g/mol. The Morgan fingerprint density at radius 3 is 2.58 bits per heavy atom. The van der Waals surface area contributed by atoms with Gasteiger partial charge in [-0.25, -0.2) is 4.39 Å². The number of hydrogen-bond acceptors (Lipinski definition) is 2. The van der Waals surface area contributed by atoms with E-state index in [1.165, 1.54) is 12.1 Å². The third kappa shape index (κ3) is 7.53. The van der Waals surface area contributed by atoms with E-state index in [1.54, 1.807) is 6.07 Å². The maximum Gasteiger partial charge on any atom is 0.128 e. The Morgan fingerprint density at radius 2 is 2.00 bits per heavy atom. The average Bonchev–Trinajstić information content (AvgIpc) is 2.21. The van der Waals surface area contributed by atoms with Crippen molar-refractivity contribution in [3.63, 3.8) is 0 Å². The zero-order valence-electron chi connectivity index (χ0n) is 12.1. The molecule has 0 heterocycles. The summed E-state index contributed by atoms with van der Waals surface area (Å²) in [6.45, 7) is 9.42. The fourth-order valence-corrected chi connectivity index (χ4v) is 2.19. The largest absolute Gasteiger partial charge is 0.491 e. The molecule has 0 bridgehead atoms. The molecule has 1 unspecified atom stereocenters. The zero-order chi connectivity index (χ0) is 14.5. The first-order valence-electron chi connectivity index (χ1n) is 6.64. The van der Waals surface area contributed by atoms with Crippen LogP contribution in [0.1, 0.15) is 40.5 Å². The Morgan fingerprint density at radius 1 is 1.32 bits per heavy atom. The number of nitrogens with one attached hydrogen (secondary N) is 1. The van der Waals surface area contributed by atoms with Gasteiger partial charge in [-0.1, -0.05) is 15.9 Å². The van der Waals surface area contributed by atoms with Crippen LogP contribution in [0.2, 0.25) is 0 Å². The molecule has 0 aromatic heterocycles. The lowest BCUT2D eigenvalue weighted by molar-refractivity contribution is 0.205. The molecule has 0 fully saturated rings. The van der Waals surface area contributed by atoms with Crippen molar-refractivity contribution in [3.8, 4) is 5.75 Å². The number of ether oxygens (including phenoxy) is 1. The summed E-state index contributed by atoms with van der Waals surface area (Å²) < 4.78 is 19.6. The molecule has 0 aliphatic heterocycles. The standard InChI is InChI=1S/C15H23BrFNO/c1-11(6-5-7-18-15(2,3)4)19-14-9-12(16)8-13(17)10-14/h8-11,18H,5-7H2,1-4H3. The summed E-state index contributed by atoms with van der Waals surface area (Å²) in [7, 11) is 0. The van der Waals surface area contributed by atoms with Crippen molar-refractivity contribution < 1.29 is 9.13 Å². The lowest BCUT2D eigenvalue weighted by Crippen LogP contribution is -2.36. The molecule has 0 saturated carbocycles. The second-order valence-corrected chi connectivity index (χ2v) is 6.77. The van der Waals surface area contributed by atoms with E-state index in [2.05, 4.69) is 42.0 Å². The minimum Gasteiger partial charge on any atom is -0.491 e. The topological polar surface area (TPSA) is 21.3 Å². The van der Waals surface area contributed by atoms with Crippen LogP contribution in [0.3, 0.4) is 0 Å². The second-order valence-electron chi connectivity index (χ2n) is 5.85. The summed E-state index contributed by atoms with van der Waals surface area (Å²) in [6.07, 6.45) is 2.06. The summed E-state index contributed by atoms with van der Waals surface area (Å²) in [5.41, 5.74) is 0.150. The summed E-state index contributed by atoms with van der Waals surface area (Å²) in [4.78, 5) is 0. The van der Waals surface area contributed by atoms with Gasteiger partial charge in [0.15, 0.2) is 0 Å². The molecule has 0 spiro atoms. The van der Waals surface area contributed by atoms with Crippen LogP contribution in [0.4, 0.5) is 4.39 Å². The van der Waals surface area contributed by atoms with Crippen molar-refractivity contribution >= 4 is 15.9 Å². The first-order chi connectivity index (χ1) is 8.76. The van der Waals surface area contributed by atoms with Crippen LogP contribution in [0.5, 0.6) is 5.75 Å². The molecule has 1 atom stereocenters. The fraction of sp³-hybridized carbons (Fsp3) is 0.600. The Hall–Kier alpha value is -0.610. The molecule has 0 aliphatic rings. The molecule has 2 nitrogen and oxygen atoms in total. The van der Waals surface area contributed by atoms with Gasteiger partial charge in [-0.05, 0) is 59.2 Å². The average molecular weight is 332 g/mol. The lowest BCUT2D eigenvalue weighted by Gasteiger charge is -2.21. The van der Waals surface area contributed by atoms with Crippen molar-refractivity contribution in [2.24, 2.45) is 0 Å². The molecule has 108 valence electrons. The maximum atomic E-state index is 13.2. The molecular formula is C15H23BrFNO. The number of halogens is 2. The van der Waals surface area contributed by atoms with E-state index in [0.29, 0.717) is 10.2 Å². The molecule has 0 saturated heterocycles. The van der Waals surface area contributed by atoms with Crippen molar-refractivity contribution in [1.29, 1.82) is 0 Å². The summed E-state index contributed by atoms with van der Waals surface area (Å²) in [6, 6.07) is 4.62. The second kappa shape index (κ2) is 7.25. The highest BCUT2D eigenvalue weighted by molar-refractivity contribution is 9.10. The quantitative estimate of drug-likeness (QED) is 0.773. The normalized spacial score (nSPS) is 13.4. The minimum atomic E-state index is -0.286. The van der Waals surface area contributed by atoms with Crippen LogP contribution in [-0.4, -0.2) is 18.2 Å². The first kappa shape index (κ1) is 16.4. The Bertz CT molecular complexity index is 383. The first-order valence-corrected chi connectivity index (χ1v) is 7.43. The van der Waals surface area contributed by atoms with Gasteiger partial charge in [-0.15, -0.1) is 0 Å². The zero-order valence-corrected chi connectivity index (χ0v) is 13.7. The van der Waals surface area contributed by atoms with Crippen LogP contribution < -0.4 is 10.1 Å². The highest BCUT2D eigenvalue weighted by atomic mass is 79.9. The number of benzene rings is 1. The molecule has 1 aromatic rings. The molecule has 1 N–H and O–H groups in total. The third-order valence-electron chi connectivity index (χ3n) is 2.62.